The third-order valence-corrected chi connectivity index (χ3v) is 2.76. The van der Waals surface area contributed by atoms with Crippen molar-refractivity contribution in [3.05, 3.63) is 49.3 Å². The zero-order chi connectivity index (χ0) is 16.4. The highest BCUT2D eigenvalue weighted by Crippen LogP contribution is 2.03. The highest BCUT2D eigenvalue weighted by molar-refractivity contribution is 5.22. The minimum atomic E-state index is -0.917. The Hall–Kier alpha value is -2.22. The van der Waals surface area contributed by atoms with E-state index in [2.05, 4.69) is 11.9 Å². The first kappa shape index (κ1) is 16.8. The average molecular weight is 296 g/mol. The highest BCUT2D eigenvalue weighted by atomic mass is 16.6. The van der Waals surface area contributed by atoms with Gasteiger partial charge >= 0.3 is 16.9 Å². The second kappa shape index (κ2) is 6.04. The highest BCUT2D eigenvalue weighted by Gasteiger charge is 2.19. The van der Waals surface area contributed by atoms with Crippen LogP contribution in [0.3, 0.4) is 0 Å². The number of nitro groups is 1. The van der Waals surface area contributed by atoms with Crippen LogP contribution in [0.5, 0.6) is 0 Å². The van der Waals surface area contributed by atoms with Crippen LogP contribution in [-0.4, -0.2) is 26.1 Å². The van der Waals surface area contributed by atoms with Gasteiger partial charge in [0.05, 0.1) is 17.7 Å². The van der Waals surface area contributed by atoms with Crippen LogP contribution < -0.4 is 16.6 Å². The van der Waals surface area contributed by atoms with E-state index in [1.165, 1.54) is 7.05 Å². The average Bonchev–Trinajstić information content (AvgIpc) is 2.35. The van der Waals surface area contributed by atoms with Crippen molar-refractivity contribution >= 4 is 5.69 Å². The van der Waals surface area contributed by atoms with Gasteiger partial charge in [-0.1, -0.05) is 6.58 Å². The van der Waals surface area contributed by atoms with Gasteiger partial charge < -0.3 is 5.32 Å². The van der Waals surface area contributed by atoms with Crippen LogP contribution in [0.1, 0.15) is 20.8 Å². The van der Waals surface area contributed by atoms with E-state index in [1.807, 2.05) is 20.8 Å². The molecule has 1 aromatic rings. The topological polar surface area (TPSA) is 99.2 Å². The Kier molecular flexibility index (Phi) is 4.84. The summed E-state index contributed by atoms with van der Waals surface area (Å²) in [5, 5.41) is 14.0. The van der Waals surface area contributed by atoms with Crippen molar-refractivity contribution in [1.82, 2.24) is 14.5 Å². The molecule has 0 fully saturated rings. The van der Waals surface area contributed by atoms with Gasteiger partial charge in [-0.15, -0.1) is 0 Å². The van der Waals surface area contributed by atoms with Gasteiger partial charge in [0.2, 0.25) is 0 Å². The molecule has 1 rings (SSSR count). The molecule has 1 heterocycles. The van der Waals surface area contributed by atoms with Gasteiger partial charge in [-0.2, -0.15) is 0 Å². The maximum Gasteiger partial charge on any atom is 0.350 e. The fourth-order valence-electron chi connectivity index (χ4n) is 1.64. The predicted octanol–water partition coefficient (Wildman–Crippen LogP) is 0.400. The Morgan fingerprint density at radius 2 is 2.00 bits per heavy atom. The first-order chi connectivity index (χ1) is 9.53. The maximum absolute atomic E-state index is 12.0. The fraction of sp³-hybridized carbons (Fsp3) is 0.538. The normalized spacial score (nSPS) is 11.4. The number of nitrogens with zero attached hydrogens (tertiary/aromatic N) is 3. The summed E-state index contributed by atoms with van der Waals surface area (Å²) in [6.45, 7) is 10.1. The van der Waals surface area contributed by atoms with Crippen LogP contribution in [0.25, 0.3) is 0 Å². The Labute approximate surface area is 121 Å². The molecule has 8 heteroatoms. The van der Waals surface area contributed by atoms with Crippen molar-refractivity contribution in [2.24, 2.45) is 7.05 Å². The van der Waals surface area contributed by atoms with E-state index < -0.39 is 21.9 Å². The monoisotopic (exact) mass is 296 g/mol. The summed E-state index contributed by atoms with van der Waals surface area (Å²) in [7, 11) is 1.36. The first-order valence-electron chi connectivity index (χ1n) is 6.39. The lowest BCUT2D eigenvalue weighted by Crippen LogP contribution is -2.42. The van der Waals surface area contributed by atoms with Crippen molar-refractivity contribution in [2.75, 3.05) is 6.54 Å². The summed E-state index contributed by atoms with van der Waals surface area (Å²) in [5.41, 5.74) is -1.71. The lowest BCUT2D eigenvalue weighted by molar-refractivity contribution is -0.387. The molecule has 0 aliphatic heterocycles. The molecule has 1 aromatic heterocycles. The molecule has 8 nitrogen and oxygen atoms in total. The predicted molar refractivity (Wildman–Crippen MR) is 79.5 cm³/mol. The molecule has 0 saturated heterocycles. The van der Waals surface area contributed by atoms with E-state index in [-0.39, 0.29) is 12.1 Å². The minimum absolute atomic E-state index is 0.0593. The summed E-state index contributed by atoms with van der Waals surface area (Å²) >= 11 is 0. The number of aryl methyl sites for hydroxylation is 1. The summed E-state index contributed by atoms with van der Waals surface area (Å²) in [6, 6.07) is 0. The van der Waals surface area contributed by atoms with Crippen molar-refractivity contribution in [2.45, 2.75) is 32.9 Å². The molecule has 0 amide bonds. The number of aromatic nitrogens is 2. The third-order valence-electron chi connectivity index (χ3n) is 2.76. The summed E-state index contributed by atoms with van der Waals surface area (Å²) < 4.78 is 1.84. The molecule has 0 aliphatic rings. The van der Waals surface area contributed by atoms with Crippen molar-refractivity contribution in [3.63, 3.8) is 0 Å². The molecule has 21 heavy (non-hydrogen) atoms. The fourth-order valence-corrected chi connectivity index (χ4v) is 1.64. The Morgan fingerprint density at radius 3 is 2.48 bits per heavy atom. The quantitative estimate of drug-likeness (QED) is 0.481. The maximum atomic E-state index is 12.0. The molecule has 1 N–H and O–H groups in total. The molecule has 0 aliphatic carbocycles. The molecule has 0 radical (unpaired) electrons. The van der Waals surface area contributed by atoms with Crippen molar-refractivity contribution in [3.8, 4) is 0 Å². The lowest BCUT2D eigenvalue weighted by atomic mass is 10.1. The first-order valence-corrected chi connectivity index (χ1v) is 6.39. The smallest absolute Gasteiger partial charge is 0.308 e. The number of rotatable bonds is 5. The second-order valence-corrected chi connectivity index (χ2v) is 5.91. The molecule has 0 aromatic carbocycles. The summed E-state index contributed by atoms with van der Waals surface area (Å²) in [6.07, 6.45) is 0.928. The standard InChI is InChI=1S/C13H20N4O4/c1-9(6-14-13(2,3)4)7-16-11(18)10(17(20)21)8-15(5)12(16)19/h8,14H,1,6-7H2,2-5H3. The molecule has 0 atom stereocenters. The Morgan fingerprint density at radius 1 is 1.43 bits per heavy atom. The van der Waals surface area contributed by atoms with E-state index in [4.69, 9.17) is 0 Å². The summed E-state index contributed by atoms with van der Waals surface area (Å²) in [4.78, 5) is 33.9. The Bertz CT molecular complexity index is 679. The second-order valence-electron chi connectivity index (χ2n) is 5.91. The van der Waals surface area contributed by atoms with Crippen LogP contribution in [0.4, 0.5) is 5.69 Å². The van der Waals surface area contributed by atoms with Crippen molar-refractivity contribution in [1.29, 1.82) is 0 Å². The zero-order valence-corrected chi connectivity index (χ0v) is 12.7. The molecule has 116 valence electrons. The van der Waals surface area contributed by atoms with Gasteiger partial charge in [0.15, 0.2) is 0 Å². The minimum Gasteiger partial charge on any atom is -0.308 e. The van der Waals surface area contributed by atoms with E-state index in [1.54, 1.807) is 0 Å². The third kappa shape index (κ3) is 4.38. The number of hydrogen-bond acceptors (Lipinski definition) is 5. The number of hydrogen-bond donors (Lipinski definition) is 1. The molecule has 0 spiro atoms. The number of nitrogens with one attached hydrogen (secondary N) is 1. The molecule has 0 saturated carbocycles. The molecular weight excluding hydrogens is 276 g/mol. The van der Waals surface area contributed by atoms with Gasteiger partial charge in [-0.25, -0.2) is 4.79 Å². The van der Waals surface area contributed by atoms with Gasteiger partial charge in [0.1, 0.15) is 0 Å². The lowest BCUT2D eigenvalue weighted by Gasteiger charge is -2.21. The van der Waals surface area contributed by atoms with Gasteiger partial charge in [0.25, 0.3) is 0 Å². The Balaban J connectivity index is 3.09. The van der Waals surface area contributed by atoms with Crippen LogP contribution in [-0.2, 0) is 13.6 Å². The van der Waals surface area contributed by atoms with E-state index >= 15 is 0 Å². The van der Waals surface area contributed by atoms with Crippen LogP contribution in [0, 0.1) is 10.1 Å². The van der Waals surface area contributed by atoms with E-state index in [0.29, 0.717) is 12.1 Å². The van der Waals surface area contributed by atoms with Gasteiger partial charge in [-0.05, 0) is 26.3 Å². The molecule has 0 bridgehead atoms. The van der Waals surface area contributed by atoms with Crippen molar-refractivity contribution < 1.29 is 4.92 Å². The van der Waals surface area contributed by atoms with E-state index in [0.717, 1.165) is 15.3 Å². The summed E-state index contributed by atoms with van der Waals surface area (Å²) in [5.74, 6) is 0. The van der Waals surface area contributed by atoms with Gasteiger partial charge in [-0.3, -0.25) is 24.0 Å². The van der Waals surface area contributed by atoms with Gasteiger partial charge in [0, 0.05) is 19.1 Å². The molecular formula is C13H20N4O4. The molecule has 0 unspecified atom stereocenters. The SMILES string of the molecule is C=C(CNC(C)(C)C)Cn1c(=O)c([N+](=O)[O-])cn(C)c1=O. The van der Waals surface area contributed by atoms with E-state index in [9.17, 15) is 19.7 Å². The van der Waals surface area contributed by atoms with Crippen LogP contribution >= 0.6 is 0 Å². The van der Waals surface area contributed by atoms with Crippen LogP contribution in [0.2, 0.25) is 0 Å². The largest absolute Gasteiger partial charge is 0.350 e. The zero-order valence-electron chi connectivity index (χ0n) is 12.7. The van der Waals surface area contributed by atoms with Crippen LogP contribution in [0.15, 0.2) is 27.9 Å².